The number of carbonyl (C=O) groups excluding carboxylic acids is 3. The monoisotopic (exact) mass is 403 g/mol. The van der Waals surface area contributed by atoms with Crippen LogP contribution in [-0.2, 0) is 25.6 Å². The highest BCUT2D eigenvalue weighted by Crippen LogP contribution is 2.41. The molecule has 1 aromatic rings. The molecule has 1 aromatic carbocycles. The zero-order chi connectivity index (χ0) is 20.3. The molecule has 0 spiro atoms. The van der Waals surface area contributed by atoms with Crippen LogP contribution in [0.1, 0.15) is 37.3 Å². The summed E-state index contributed by atoms with van der Waals surface area (Å²) in [5, 5.41) is 3.86. The molecule has 28 heavy (non-hydrogen) atoms. The summed E-state index contributed by atoms with van der Waals surface area (Å²) in [7, 11) is 1.66. The number of rotatable bonds is 6. The molecule has 3 rings (SSSR count). The number of hydrogen-bond donors (Lipinski definition) is 0. The number of aryl methyl sites for hydroxylation is 2. The first kappa shape index (κ1) is 20.6. The highest BCUT2D eigenvalue weighted by molar-refractivity contribution is 7.99. The van der Waals surface area contributed by atoms with Crippen LogP contribution in [0.3, 0.4) is 0 Å². The lowest BCUT2D eigenvalue weighted by Gasteiger charge is -2.29. The van der Waals surface area contributed by atoms with Crippen LogP contribution in [0.5, 0.6) is 5.75 Å². The van der Waals surface area contributed by atoms with Gasteiger partial charge in [-0.25, -0.2) is 4.79 Å². The van der Waals surface area contributed by atoms with E-state index in [2.05, 4.69) is 23.0 Å². The molecule has 3 atom stereocenters. The number of thioether (sulfide) groups is 1. The van der Waals surface area contributed by atoms with Crippen molar-refractivity contribution in [2.75, 3.05) is 12.9 Å². The molecule has 0 radical (unpaired) electrons. The standard InChI is InChI=1S/C21H25NO5S/c1-12-10-15(26-3)5-4-14(12)8-9-28-16-6-7-17-18(11-16)21(25)19(20(17)24)22-27-13(2)23/h4-5,10,16-18H,6-9,11H2,1-3H3. The normalized spacial score (nSPS) is 25.7. The van der Waals surface area contributed by atoms with E-state index in [1.54, 1.807) is 7.11 Å². The zero-order valence-corrected chi connectivity index (χ0v) is 17.2. The van der Waals surface area contributed by atoms with Crippen molar-refractivity contribution in [3.05, 3.63) is 29.3 Å². The first-order chi connectivity index (χ1) is 13.4. The van der Waals surface area contributed by atoms with Crippen molar-refractivity contribution in [3.8, 4) is 5.75 Å². The van der Waals surface area contributed by atoms with Crippen molar-refractivity contribution in [1.82, 2.24) is 0 Å². The van der Waals surface area contributed by atoms with Crippen molar-refractivity contribution < 1.29 is 24.0 Å². The van der Waals surface area contributed by atoms with Gasteiger partial charge < -0.3 is 9.57 Å². The van der Waals surface area contributed by atoms with Gasteiger partial charge in [-0.15, -0.1) is 0 Å². The van der Waals surface area contributed by atoms with Gasteiger partial charge in [0.05, 0.1) is 7.11 Å². The van der Waals surface area contributed by atoms with Gasteiger partial charge in [-0.1, -0.05) is 11.2 Å². The molecule has 3 unspecified atom stereocenters. The number of methoxy groups -OCH3 is 1. The Labute approximate surface area is 169 Å². The van der Waals surface area contributed by atoms with E-state index in [0.29, 0.717) is 18.1 Å². The molecule has 2 aliphatic carbocycles. The number of oxime groups is 1. The van der Waals surface area contributed by atoms with Gasteiger partial charge in [-0.3, -0.25) is 9.59 Å². The molecule has 0 N–H and O–H groups in total. The minimum Gasteiger partial charge on any atom is -0.497 e. The Hall–Kier alpha value is -2.15. The summed E-state index contributed by atoms with van der Waals surface area (Å²) >= 11 is 1.86. The van der Waals surface area contributed by atoms with Crippen LogP contribution in [0, 0.1) is 18.8 Å². The van der Waals surface area contributed by atoms with Crippen LogP contribution in [0.25, 0.3) is 0 Å². The Morgan fingerprint density at radius 2 is 1.96 bits per heavy atom. The summed E-state index contributed by atoms with van der Waals surface area (Å²) in [5.74, 6) is 0.0265. The lowest BCUT2D eigenvalue weighted by Crippen LogP contribution is -2.28. The number of ketones is 2. The summed E-state index contributed by atoms with van der Waals surface area (Å²) in [6, 6.07) is 6.12. The third kappa shape index (κ3) is 4.46. The van der Waals surface area contributed by atoms with E-state index in [0.717, 1.165) is 24.3 Å². The maximum absolute atomic E-state index is 12.5. The molecule has 2 aliphatic rings. The first-order valence-corrected chi connectivity index (χ1v) is 10.5. The van der Waals surface area contributed by atoms with E-state index in [-0.39, 0.29) is 29.1 Å². The van der Waals surface area contributed by atoms with Crippen molar-refractivity contribution in [1.29, 1.82) is 0 Å². The van der Waals surface area contributed by atoms with Gasteiger partial charge in [-0.2, -0.15) is 11.8 Å². The van der Waals surface area contributed by atoms with Crippen molar-refractivity contribution in [2.24, 2.45) is 17.0 Å². The van der Waals surface area contributed by atoms with Gasteiger partial charge in [0.2, 0.25) is 0 Å². The average Bonchev–Trinajstić information content (AvgIpc) is 2.91. The summed E-state index contributed by atoms with van der Waals surface area (Å²) in [6.45, 7) is 3.28. The molecular formula is C21H25NO5S. The fourth-order valence-corrected chi connectivity index (χ4v) is 5.29. The van der Waals surface area contributed by atoms with E-state index < -0.39 is 5.97 Å². The van der Waals surface area contributed by atoms with E-state index in [9.17, 15) is 14.4 Å². The summed E-state index contributed by atoms with van der Waals surface area (Å²) in [4.78, 5) is 40.4. The number of ether oxygens (including phenoxy) is 1. The first-order valence-electron chi connectivity index (χ1n) is 9.49. The van der Waals surface area contributed by atoms with Gasteiger partial charge in [0.15, 0.2) is 17.3 Å². The number of hydrogen-bond acceptors (Lipinski definition) is 7. The lowest BCUT2D eigenvalue weighted by molar-refractivity contribution is -0.140. The van der Waals surface area contributed by atoms with Gasteiger partial charge in [0, 0.05) is 24.0 Å². The van der Waals surface area contributed by atoms with Crippen LogP contribution < -0.4 is 4.74 Å². The molecule has 0 bridgehead atoms. The maximum atomic E-state index is 12.5. The highest BCUT2D eigenvalue weighted by atomic mass is 32.2. The number of nitrogens with zero attached hydrogens (tertiary/aromatic N) is 1. The predicted molar refractivity (Wildman–Crippen MR) is 108 cm³/mol. The predicted octanol–water partition coefficient (Wildman–Crippen LogP) is 3.14. The Balaban J connectivity index is 1.55. The molecular weight excluding hydrogens is 378 g/mol. The second-order valence-corrected chi connectivity index (χ2v) is 8.72. The fraction of sp³-hybridized carbons (Fsp3) is 0.524. The lowest BCUT2D eigenvalue weighted by atomic mass is 9.81. The third-order valence-corrected chi connectivity index (χ3v) is 6.82. The summed E-state index contributed by atoms with van der Waals surface area (Å²) in [5.41, 5.74) is 2.32. The van der Waals surface area contributed by atoms with Crippen LogP contribution >= 0.6 is 11.8 Å². The molecule has 2 saturated carbocycles. The second kappa shape index (κ2) is 8.90. The number of Topliss-reactive ketones (excluding diaryl/α,β-unsaturated/α-hetero) is 2. The van der Waals surface area contributed by atoms with E-state index in [1.807, 2.05) is 23.9 Å². The fourth-order valence-electron chi connectivity index (χ4n) is 3.97. The molecule has 0 saturated heterocycles. The number of carbonyl (C=O) groups is 3. The van der Waals surface area contributed by atoms with Crippen LogP contribution in [0.4, 0.5) is 0 Å². The van der Waals surface area contributed by atoms with Gasteiger partial charge in [-0.05, 0) is 61.6 Å². The molecule has 0 amide bonds. The molecule has 6 nitrogen and oxygen atoms in total. The molecule has 0 heterocycles. The maximum Gasteiger partial charge on any atom is 0.332 e. The highest BCUT2D eigenvalue weighted by Gasteiger charge is 2.50. The van der Waals surface area contributed by atoms with Gasteiger partial charge >= 0.3 is 5.97 Å². The van der Waals surface area contributed by atoms with E-state index in [1.165, 1.54) is 18.1 Å². The molecule has 0 aliphatic heterocycles. The Kier molecular flexibility index (Phi) is 6.54. The second-order valence-electron chi connectivity index (χ2n) is 7.31. The average molecular weight is 404 g/mol. The van der Waals surface area contributed by atoms with Crippen molar-refractivity contribution in [3.63, 3.8) is 0 Å². The minimum atomic E-state index is -0.634. The van der Waals surface area contributed by atoms with E-state index in [4.69, 9.17) is 4.74 Å². The quantitative estimate of drug-likeness (QED) is 0.536. The van der Waals surface area contributed by atoms with Crippen molar-refractivity contribution >= 4 is 35.0 Å². The summed E-state index contributed by atoms with van der Waals surface area (Å²) in [6.07, 6.45) is 3.23. The minimum absolute atomic E-state index is 0.190. The smallest absolute Gasteiger partial charge is 0.332 e. The molecule has 0 aromatic heterocycles. The van der Waals surface area contributed by atoms with Crippen LogP contribution in [0.2, 0.25) is 0 Å². The zero-order valence-electron chi connectivity index (χ0n) is 16.4. The van der Waals surface area contributed by atoms with Gasteiger partial charge in [0.1, 0.15) is 5.75 Å². The molecule has 150 valence electrons. The van der Waals surface area contributed by atoms with Crippen LogP contribution in [-0.4, -0.2) is 41.4 Å². The van der Waals surface area contributed by atoms with E-state index >= 15 is 0 Å². The molecule has 2 fully saturated rings. The summed E-state index contributed by atoms with van der Waals surface area (Å²) < 4.78 is 5.25. The van der Waals surface area contributed by atoms with Gasteiger partial charge in [0.25, 0.3) is 0 Å². The third-order valence-electron chi connectivity index (χ3n) is 5.48. The Bertz CT molecular complexity index is 819. The molecule has 7 heteroatoms. The van der Waals surface area contributed by atoms with Crippen LogP contribution in [0.15, 0.2) is 23.4 Å². The SMILES string of the molecule is COc1ccc(CCSC2CCC3C(=O)C(=NOC(C)=O)C(=O)C3C2)c(C)c1. The van der Waals surface area contributed by atoms with Crippen molar-refractivity contribution in [2.45, 2.75) is 44.8 Å². The Morgan fingerprint density at radius 3 is 2.64 bits per heavy atom. The topological polar surface area (TPSA) is 82.0 Å². The number of fused-ring (bicyclic) bond motifs is 1. The Morgan fingerprint density at radius 1 is 1.21 bits per heavy atom. The number of benzene rings is 1. The largest absolute Gasteiger partial charge is 0.497 e.